The lowest BCUT2D eigenvalue weighted by Crippen LogP contribution is -2.27. The van der Waals surface area contributed by atoms with Gasteiger partial charge in [-0.15, -0.1) is 0 Å². The van der Waals surface area contributed by atoms with Crippen molar-refractivity contribution in [3.8, 4) is 17.7 Å². The van der Waals surface area contributed by atoms with Gasteiger partial charge in [-0.3, -0.25) is 4.79 Å². The summed E-state index contributed by atoms with van der Waals surface area (Å²) in [5.41, 5.74) is 1.12. The number of allylic oxidation sites excluding steroid dienone is 1. The molecule has 1 aromatic rings. The third-order valence-electron chi connectivity index (χ3n) is 4.35. The van der Waals surface area contributed by atoms with E-state index in [-0.39, 0.29) is 18.8 Å². The van der Waals surface area contributed by atoms with Gasteiger partial charge in [-0.2, -0.15) is 13.2 Å². The largest absolute Gasteiger partial charge is 0.481 e. The zero-order valence-corrected chi connectivity index (χ0v) is 14.7. The van der Waals surface area contributed by atoms with E-state index < -0.39 is 18.0 Å². The van der Waals surface area contributed by atoms with Crippen LogP contribution in [-0.2, 0) is 4.79 Å². The van der Waals surface area contributed by atoms with E-state index in [2.05, 4.69) is 22.1 Å². The molecule has 1 aliphatic carbocycles. The Balaban J connectivity index is 2.06. The molecule has 7 heteroatoms. The quantitative estimate of drug-likeness (QED) is 0.802. The summed E-state index contributed by atoms with van der Waals surface area (Å²) in [5.74, 6) is 3.71. The first kappa shape index (κ1) is 19.8. The minimum Gasteiger partial charge on any atom is -0.481 e. The molecule has 26 heavy (non-hydrogen) atoms. The number of aromatic nitrogens is 1. The topological polar surface area (TPSA) is 51.2 Å². The maximum absolute atomic E-state index is 12.7. The van der Waals surface area contributed by atoms with E-state index in [9.17, 15) is 18.0 Å². The molecule has 0 aliphatic heterocycles. The zero-order valence-electron chi connectivity index (χ0n) is 14.7. The van der Waals surface area contributed by atoms with Gasteiger partial charge in [0.15, 0.2) is 0 Å². The summed E-state index contributed by atoms with van der Waals surface area (Å²) < 4.78 is 43.4. The van der Waals surface area contributed by atoms with Gasteiger partial charge in [-0.05, 0) is 50.5 Å². The Morgan fingerprint density at radius 1 is 1.35 bits per heavy atom. The number of halogens is 3. The highest BCUT2D eigenvalue weighted by Gasteiger charge is 2.40. The van der Waals surface area contributed by atoms with Crippen molar-refractivity contribution in [2.75, 3.05) is 12.4 Å². The zero-order chi connectivity index (χ0) is 19.2. The van der Waals surface area contributed by atoms with Crippen LogP contribution in [0.5, 0.6) is 5.88 Å². The first-order valence-electron chi connectivity index (χ1n) is 8.36. The van der Waals surface area contributed by atoms with Crippen molar-refractivity contribution in [2.24, 2.45) is 11.8 Å². The number of alkyl halides is 3. The molecule has 0 aromatic carbocycles. The summed E-state index contributed by atoms with van der Waals surface area (Å²) in [7, 11) is 1.48. The number of carbonyl (C=O) groups is 1. The lowest BCUT2D eigenvalue weighted by atomic mass is 9.81. The SMILES string of the molecule is CC#CC(=O)Nc1cnc(OC)c(C=CC2CCC(C(F)(F)F)CC2)c1. The molecule has 1 heterocycles. The molecule has 4 nitrogen and oxygen atoms in total. The highest BCUT2D eigenvalue weighted by Crippen LogP contribution is 2.40. The number of ether oxygens (including phenoxy) is 1. The third-order valence-corrected chi connectivity index (χ3v) is 4.35. The number of carbonyl (C=O) groups excluding carboxylic acids is 1. The summed E-state index contributed by atoms with van der Waals surface area (Å²) >= 11 is 0. The molecule has 140 valence electrons. The lowest BCUT2D eigenvalue weighted by molar-refractivity contribution is -0.183. The van der Waals surface area contributed by atoms with Crippen molar-refractivity contribution in [3.63, 3.8) is 0 Å². The normalized spacial score (nSPS) is 20.3. The van der Waals surface area contributed by atoms with Gasteiger partial charge in [0.1, 0.15) is 0 Å². The molecule has 0 saturated heterocycles. The van der Waals surface area contributed by atoms with E-state index >= 15 is 0 Å². The summed E-state index contributed by atoms with van der Waals surface area (Å²) in [6.45, 7) is 1.56. The van der Waals surface area contributed by atoms with E-state index in [0.29, 0.717) is 30.0 Å². The maximum atomic E-state index is 12.7. The van der Waals surface area contributed by atoms with E-state index in [1.807, 2.05) is 6.08 Å². The molecule has 1 amide bonds. The molecule has 1 aromatic heterocycles. The van der Waals surface area contributed by atoms with Crippen molar-refractivity contribution < 1.29 is 22.7 Å². The lowest BCUT2D eigenvalue weighted by Gasteiger charge is -2.28. The predicted octanol–water partition coefficient (Wildman–Crippen LogP) is 4.43. The van der Waals surface area contributed by atoms with E-state index in [1.165, 1.54) is 13.3 Å². The number of methoxy groups -OCH3 is 1. The molecular weight excluding hydrogens is 345 g/mol. The Hall–Kier alpha value is -2.49. The number of nitrogens with zero attached hydrogens (tertiary/aromatic N) is 1. The standard InChI is InChI=1S/C19H21F3N2O2/c1-3-4-17(25)24-16-11-14(18(26-2)23-12-16)8-5-13-6-9-15(10-7-13)19(20,21)22/h5,8,11-13,15H,6-7,9-10H2,1-2H3,(H,24,25). The second-order valence-electron chi connectivity index (χ2n) is 6.16. The molecule has 1 N–H and O–H groups in total. The van der Waals surface area contributed by atoms with Crippen molar-refractivity contribution >= 4 is 17.7 Å². The molecule has 2 rings (SSSR count). The van der Waals surface area contributed by atoms with E-state index in [4.69, 9.17) is 4.74 Å². The number of pyridine rings is 1. The van der Waals surface area contributed by atoms with Crippen LogP contribution in [0.25, 0.3) is 6.08 Å². The van der Waals surface area contributed by atoms with Gasteiger partial charge >= 0.3 is 6.18 Å². The van der Waals surface area contributed by atoms with Crippen LogP contribution in [0, 0.1) is 23.7 Å². The fraction of sp³-hybridized carbons (Fsp3) is 0.474. The number of rotatable bonds is 4. The Labute approximate surface area is 150 Å². The van der Waals surface area contributed by atoms with Crippen LogP contribution in [0.2, 0.25) is 0 Å². The molecule has 0 atom stereocenters. The van der Waals surface area contributed by atoms with Crippen LogP contribution < -0.4 is 10.1 Å². The van der Waals surface area contributed by atoms with Crippen LogP contribution >= 0.6 is 0 Å². The number of amides is 1. The van der Waals surface area contributed by atoms with Crippen LogP contribution in [0.1, 0.15) is 38.2 Å². The van der Waals surface area contributed by atoms with Crippen LogP contribution in [0.4, 0.5) is 18.9 Å². The summed E-state index contributed by atoms with van der Waals surface area (Å²) in [5, 5.41) is 2.61. The Morgan fingerprint density at radius 2 is 2.04 bits per heavy atom. The molecular formula is C19H21F3N2O2. The Bertz CT molecular complexity index is 725. The summed E-state index contributed by atoms with van der Waals surface area (Å²) in [6, 6.07) is 1.69. The fourth-order valence-electron chi connectivity index (χ4n) is 2.98. The third kappa shape index (κ3) is 5.51. The minimum atomic E-state index is -4.10. The second-order valence-corrected chi connectivity index (χ2v) is 6.16. The molecule has 0 unspecified atom stereocenters. The monoisotopic (exact) mass is 366 g/mol. The maximum Gasteiger partial charge on any atom is 0.391 e. The second kappa shape index (κ2) is 8.75. The summed E-state index contributed by atoms with van der Waals surface area (Å²) in [4.78, 5) is 15.7. The van der Waals surface area contributed by atoms with Gasteiger partial charge in [0.05, 0.1) is 24.9 Å². The minimum absolute atomic E-state index is 0.0857. The van der Waals surface area contributed by atoms with Crippen LogP contribution in [-0.4, -0.2) is 24.2 Å². The smallest absolute Gasteiger partial charge is 0.391 e. The predicted molar refractivity (Wildman–Crippen MR) is 93.4 cm³/mol. The Kier molecular flexibility index (Phi) is 6.67. The van der Waals surface area contributed by atoms with Gasteiger partial charge in [0.2, 0.25) is 5.88 Å². The van der Waals surface area contributed by atoms with Gasteiger partial charge in [0.25, 0.3) is 5.91 Å². The highest BCUT2D eigenvalue weighted by atomic mass is 19.4. The van der Waals surface area contributed by atoms with Crippen LogP contribution in [0.3, 0.4) is 0 Å². The average Bonchev–Trinajstić information content (AvgIpc) is 2.60. The number of nitrogens with one attached hydrogen (secondary N) is 1. The number of anilines is 1. The molecule has 1 fully saturated rings. The molecule has 0 radical (unpaired) electrons. The van der Waals surface area contributed by atoms with E-state index in [0.717, 1.165) is 0 Å². The molecule has 1 saturated carbocycles. The van der Waals surface area contributed by atoms with Gasteiger partial charge in [-0.25, -0.2) is 4.98 Å². The van der Waals surface area contributed by atoms with Gasteiger partial charge in [-0.1, -0.05) is 18.1 Å². The molecule has 0 bridgehead atoms. The molecule has 1 aliphatic rings. The first-order chi connectivity index (χ1) is 12.3. The van der Waals surface area contributed by atoms with Crippen molar-refractivity contribution in [1.29, 1.82) is 0 Å². The Morgan fingerprint density at radius 3 is 2.62 bits per heavy atom. The van der Waals surface area contributed by atoms with Gasteiger partial charge in [0, 0.05) is 5.56 Å². The molecule has 0 spiro atoms. The average molecular weight is 366 g/mol. The number of hydrogen-bond donors (Lipinski definition) is 1. The van der Waals surface area contributed by atoms with Crippen molar-refractivity contribution in [3.05, 3.63) is 23.9 Å². The van der Waals surface area contributed by atoms with Crippen LogP contribution in [0.15, 0.2) is 18.3 Å². The first-order valence-corrected chi connectivity index (χ1v) is 8.36. The number of hydrogen-bond acceptors (Lipinski definition) is 3. The van der Waals surface area contributed by atoms with Crippen molar-refractivity contribution in [1.82, 2.24) is 4.98 Å². The van der Waals surface area contributed by atoms with Gasteiger partial charge < -0.3 is 10.1 Å². The fourth-order valence-corrected chi connectivity index (χ4v) is 2.98. The highest BCUT2D eigenvalue weighted by molar-refractivity contribution is 6.03. The van der Waals surface area contributed by atoms with Crippen molar-refractivity contribution in [2.45, 2.75) is 38.8 Å². The van der Waals surface area contributed by atoms with E-state index in [1.54, 1.807) is 19.1 Å². The summed E-state index contributed by atoms with van der Waals surface area (Å²) in [6.07, 6.45) is 2.34.